The van der Waals surface area contributed by atoms with E-state index in [2.05, 4.69) is 15.4 Å². The van der Waals surface area contributed by atoms with Crippen LogP contribution in [0.4, 0.5) is 0 Å². The number of amides is 2. The number of ketones is 1. The summed E-state index contributed by atoms with van der Waals surface area (Å²) in [6.45, 7) is 9.74. The Kier molecular flexibility index (Phi) is 8.52. The van der Waals surface area contributed by atoms with Gasteiger partial charge in [-0.15, -0.1) is 11.3 Å². The molecule has 0 unspecified atom stereocenters. The topological polar surface area (TPSA) is 109 Å². The van der Waals surface area contributed by atoms with Crippen LogP contribution in [0.15, 0.2) is 9.90 Å². The summed E-state index contributed by atoms with van der Waals surface area (Å²) in [5.74, 6) is 0.247. The number of aryl methyl sites for hydroxylation is 2. The van der Waals surface area contributed by atoms with Crippen molar-refractivity contribution in [2.45, 2.75) is 97.2 Å². The van der Waals surface area contributed by atoms with E-state index in [1.54, 1.807) is 19.2 Å². The van der Waals surface area contributed by atoms with Gasteiger partial charge in [-0.1, -0.05) is 38.3 Å². The fourth-order valence-corrected chi connectivity index (χ4v) is 7.36. The molecule has 0 radical (unpaired) electrons. The fraction of sp³-hybridized carbons (Fsp3) is 0.690. The number of nitrogens with one attached hydrogen (secondary N) is 1. The van der Waals surface area contributed by atoms with Gasteiger partial charge in [-0.2, -0.15) is 0 Å². The molecule has 2 aromatic heterocycles. The lowest BCUT2D eigenvalue weighted by atomic mass is 9.82. The fourth-order valence-electron chi connectivity index (χ4n) is 6.46. The molecule has 3 fully saturated rings. The number of aromatic nitrogens is 2. The van der Waals surface area contributed by atoms with Crippen LogP contribution in [-0.4, -0.2) is 69.3 Å². The Balaban J connectivity index is 1.44. The highest BCUT2D eigenvalue weighted by atomic mass is 32.1. The van der Waals surface area contributed by atoms with Crippen molar-refractivity contribution >= 4 is 28.9 Å². The van der Waals surface area contributed by atoms with Gasteiger partial charge in [0.1, 0.15) is 22.5 Å². The average molecular weight is 556 g/mol. The molecule has 39 heavy (non-hydrogen) atoms. The van der Waals surface area contributed by atoms with E-state index in [1.165, 1.54) is 17.8 Å². The SMILES string of the molecule is CC[C@@H](C)C(=O)N[C@H](C(=O)N1C[C@H]2CCCN2C[C@H]1c1nc(C(=O)c2c(C)noc2C)cs1)C1CCCCC1. The van der Waals surface area contributed by atoms with E-state index < -0.39 is 6.04 Å². The summed E-state index contributed by atoms with van der Waals surface area (Å²) in [5.41, 5.74) is 1.36. The Labute approximate surface area is 234 Å². The molecule has 2 saturated heterocycles. The van der Waals surface area contributed by atoms with Crippen molar-refractivity contribution in [1.82, 2.24) is 25.3 Å². The summed E-state index contributed by atoms with van der Waals surface area (Å²) in [6.07, 6.45) is 8.20. The van der Waals surface area contributed by atoms with Crippen LogP contribution in [0, 0.1) is 25.7 Å². The van der Waals surface area contributed by atoms with Crippen LogP contribution in [0.1, 0.15) is 104 Å². The maximum Gasteiger partial charge on any atom is 0.246 e. The van der Waals surface area contributed by atoms with Gasteiger partial charge in [-0.05, 0) is 58.4 Å². The number of carbonyl (C=O) groups is 3. The minimum absolute atomic E-state index is 0.00361. The number of hydrogen-bond acceptors (Lipinski definition) is 8. The lowest BCUT2D eigenvalue weighted by molar-refractivity contribution is -0.144. The highest BCUT2D eigenvalue weighted by Gasteiger charge is 2.44. The molecule has 9 nitrogen and oxygen atoms in total. The zero-order chi connectivity index (χ0) is 27.7. The van der Waals surface area contributed by atoms with E-state index in [0.29, 0.717) is 41.8 Å². The maximum absolute atomic E-state index is 14.4. The van der Waals surface area contributed by atoms with Crippen molar-refractivity contribution in [2.75, 3.05) is 19.6 Å². The first-order valence-corrected chi connectivity index (χ1v) is 15.4. The second kappa shape index (κ2) is 11.9. The average Bonchev–Trinajstić information content (AvgIpc) is 3.70. The van der Waals surface area contributed by atoms with Crippen molar-refractivity contribution in [3.05, 3.63) is 33.1 Å². The molecule has 4 heterocycles. The van der Waals surface area contributed by atoms with Crippen molar-refractivity contribution in [2.24, 2.45) is 11.8 Å². The first-order chi connectivity index (χ1) is 18.8. The molecule has 0 spiro atoms. The Bertz CT molecular complexity index is 1180. The van der Waals surface area contributed by atoms with E-state index in [1.807, 2.05) is 18.7 Å². The third kappa shape index (κ3) is 5.68. The van der Waals surface area contributed by atoms with E-state index in [9.17, 15) is 14.4 Å². The Hall–Kier alpha value is -2.59. The maximum atomic E-state index is 14.4. The third-order valence-electron chi connectivity index (χ3n) is 9.02. The number of nitrogens with zero attached hydrogens (tertiary/aromatic N) is 4. The van der Waals surface area contributed by atoms with Crippen LogP contribution in [0.25, 0.3) is 0 Å². The first kappa shape index (κ1) is 28.0. The minimum atomic E-state index is -0.523. The summed E-state index contributed by atoms with van der Waals surface area (Å²) < 4.78 is 5.21. The molecular formula is C29H41N5O4S. The van der Waals surface area contributed by atoms with Crippen LogP contribution < -0.4 is 5.32 Å². The number of thiazole rings is 1. The smallest absolute Gasteiger partial charge is 0.246 e. The zero-order valence-corrected chi connectivity index (χ0v) is 24.4. The molecule has 2 aliphatic heterocycles. The summed E-state index contributed by atoms with van der Waals surface area (Å²) >= 11 is 1.43. The van der Waals surface area contributed by atoms with Crippen LogP contribution >= 0.6 is 11.3 Å². The second-order valence-electron chi connectivity index (χ2n) is 11.6. The molecule has 1 aliphatic carbocycles. The van der Waals surface area contributed by atoms with Crippen LogP contribution in [0.2, 0.25) is 0 Å². The van der Waals surface area contributed by atoms with E-state index in [4.69, 9.17) is 9.51 Å². The van der Waals surface area contributed by atoms with E-state index in [-0.39, 0.29) is 35.5 Å². The minimum Gasteiger partial charge on any atom is -0.361 e. The third-order valence-corrected chi connectivity index (χ3v) is 9.96. The zero-order valence-electron chi connectivity index (χ0n) is 23.6. The normalized spacial score (nSPS) is 23.8. The molecule has 4 atom stereocenters. The molecule has 3 aliphatic rings. The molecule has 5 rings (SSSR count). The van der Waals surface area contributed by atoms with Gasteiger partial charge in [0.2, 0.25) is 17.6 Å². The monoisotopic (exact) mass is 555 g/mol. The predicted molar refractivity (Wildman–Crippen MR) is 149 cm³/mol. The van der Waals surface area contributed by atoms with Crippen molar-refractivity contribution in [3.8, 4) is 0 Å². The molecule has 1 saturated carbocycles. The van der Waals surface area contributed by atoms with E-state index >= 15 is 0 Å². The van der Waals surface area contributed by atoms with Gasteiger partial charge in [-0.25, -0.2) is 4.98 Å². The number of carbonyl (C=O) groups excluding carboxylic acids is 3. The van der Waals surface area contributed by atoms with Crippen LogP contribution in [-0.2, 0) is 9.59 Å². The summed E-state index contributed by atoms with van der Waals surface area (Å²) in [6, 6.07) is -0.453. The standard InChI is InChI=1S/C29H41N5O4S/c1-5-17(2)27(36)31-25(20-10-7-6-8-11-20)29(37)34-14-21-12-9-13-33(21)15-23(34)28-30-22(16-39-28)26(35)24-18(3)32-38-19(24)4/h16-17,20-21,23,25H,5-15H2,1-4H3,(H,31,36)/t17-,21-,23+,25+/m1/s1. The van der Waals surface area contributed by atoms with E-state index in [0.717, 1.165) is 56.5 Å². The first-order valence-electron chi connectivity index (χ1n) is 14.6. The van der Waals surface area contributed by atoms with Gasteiger partial charge < -0.3 is 14.7 Å². The summed E-state index contributed by atoms with van der Waals surface area (Å²) in [5, 5.41) is 9.66. The predicted octanol–water partition coefficient (Wildman–Crippen LogP) is 4.44. The summed E-state index contributed by atoms with van der Waals surface area (Å²) in [4.78, 5) is 50.0. The van der Waals surface area contributed by atoms with Crippen molar-refractivity contribution in [1.29, 1.82) is 0 Å². The Morgan fingerprint density at radius 3 is 2.59 bits per heavy atom. The van der Waals surface area contributed by atoms with Crippen LogP contribution in [0.3, 0.4) is 0 Å². The molecule has 1 N–H and O–H groups in total. The molecule has 10 heteroatoms. The van der Waals surface area contributed by atoms with Gasteiger partial charge in [0.05, 0.1) is 17.3 Å². The molecule has 2 aromatic rings. The lowest BCUT2D eigenvalue weighted by Crippen LogP contribution is -2.60. The highest BCUT2D eigenvalue weighted by Crippen LogP contribution is 2.36. The van der Waals surface area contributed by atoms with Crippen LogP contribution in [0.5, 0.6) is 0 Å². The van der Waals surface area contributed by atoms with Gasteiger partial charge in [-0.3, -0.25) is 19.3 Å². The summed E-state index contributed by atoms with van der Waals surface area (Å²) in [7, 11) is 0. The van der Waals surface area contributed by atoms with Crippen molar-refractivity contribution in [3.63, 3.8) is 0 Å². The van der Waals surface area contributed by atoms with Gasteiger partial charge in [0.15, 0.2) is 0 Å². The quantitative estimate of drug-likeness (QED) is 0.480. The molecule has 2 amide bonds. The van der Waals surface area contributed by atoms with Gasteiger partial charge >= 0.3 is 0 Å². The Morgan fingerprint density at radius 2 is 1.90 bits per heavy atom. The largest absolute Gasteiger partial charge is 0.361 e. The second-order valence-corrected chi connectivity index (χ2v) is 12.5. The number of rotatable bonds is 8. The highest BCUT2D eigenvalue weighted by molar-refractivity contribution is 7.10. The molecule has 0 aromatic carbocycles. The number of hydrogen-bond donors (Lipinski definition) is 1. The van der Waals surface area contributed by atoms with Gasteiger partial charge in [0, 0.05) is 30.4 Å². The number of fused-ring (bicyclic) bond motifs is 1. The Morgan fingerprint density at radius 1 is 1.13 bits per heavy atom. The molecule has 0 bridgehead atoms. The number of piperazine rings is 1. The van der Waals surface area contributed by atoms with Crippen molar-refractivity contribution < 1.29 is 18.9 Å². The lowest BCUT2D eigenvalue weighted by Gasteiger charge is -2.45. The van der Waals surface area contributed by atoms with Gasteiger partial charge in [0.25, 0.3) is 0 Å². The molecular weight excluding hydrogens is 514 g/mol. The molecule has 212 valence electrons.